The average Bonchev–Trinajstić information content (AvgIpc) is 2.62. The summed E-state index contributed by atoms with van der Waals surface area (Å²) in [6.07, 6.45) is 1.91. The summed E-state index contributed by atoms with van der Waals surface area (Å²) >= 11 is 0. The lowest BCUT2D eigenvalue weighted by atomic mass is 9.82. The molecule has 0 bridgehead atoms. The summed E-state index contributed by atoms with van der Waals surface area (Å²) in [5.41, 5.74) is 2.03. The summed E-state index contributed by atoms with van der Waals surface area (Å²) in [7, 11) is -3.52. The van der Waals surface area contributed by atoms with Gasteiger partial charge in [0.2, 0.25) is 9.84 Å². The minimum Gasteiger partial charge on any atom is -0.219 e. The van der Waals surface area contributed by atoms with Gasteiger partial charge in [-0.05, 0) is 59.1 Å². The molecule has 2 rings (SSSR count). The van der Waals surface area contributed by atoms with E-state index in [1.165, 1.54) is 0 Å². The molecule has 0 atom stereocenters. The summed E-state index contributed by atoms with van der Waals surface area (Å²) in [6, 6.07) is 14.8. The molecule has 0 amide bonds. The molecular weight excluding hydrogens is 328 g/mol. The summed E-state index contributed by atoms with van der Waals surface area (Å²) in [4.78, 5) is 0.746. The van der Waals surface area contributed by atoms with E-state index < -0.39 is 9.84 Å². The Morgan fingerprint density at radius 2 is 1.08 bits per heavy atom. The van der Waals surface area contributed by atoms with Crippen molar-refractivity contribution in [2.75, 3.05) is 0 Å². The Kier molecular flexibility index (Phi) is 5.48. The van der Waals surface area contributed by atoms with Gasteiger partial charge in [0, 0.05) is 0 Å². The maximum atomic E-state index is 13.2. The van der Waals surface area contributed by atoms with Crippen LogP contribution < -0.4 is 0 Å². The van der Waals surface area contributed by atoms with Crippen molar-refractivity contribution in [1.29, 1.82) is 0 Å². The summed E-state index contributed by atoms with van der Waals surface area (Å²) in [6.45, 7) is 12.8. The van der Waals surface area contributed by atoms with Crippen molar-refractivity contribution in [3.05, 3.63) is 59.7 Å². The van der Waals surface area contributed by atoms with Crippen molar-refractivity contribution < 1.29 is 8.42 Å². The SMILES string of the molecule is CCC(C)(C)c1cccc(S(=O)(=O)c2cccc(C(C)(C)CC)c2)c1. The molecule has 0 aromatic heterocycles. The summed E-state index contributed by atoms with van der Waals surface area (Å²) in [5.74, 6) is 0. The van der Waals surface area contributed by atoms with Gasteiger partial charge in [-0.25, -0.2) is 8.42 Å². The van der Waals surface area contributed by atoms with Crippen molar-refractivity contribution >= 4 is 9.84 Å². The van der Waals surface area contributed by atoms with Gasteiger partial charge in [0.05, 0.1) is 9.79 Å². The zero-order chi connectivity index (χ0) is 18.9. The monoisotopic (exact) mass is 358 g/mol. The Labute approximate surface area is 153 Å². The maximum absolute atomic E-state index is 13.2. The van der Waals surface area contributed by atoms with Crippen LogP contribution >= 0.6 is 0 Å². The van der Waals surface area contributed by atoms with Gasteiger partial charge in [-0.3, -0.25) is 0 Å². The Morgan fingerprint density at radius 3 is 1.40 bits per heavy atom. The Hall–Kier alpha value is -1.61. The van der Waals surface area contributed by atoms with Crippen LogP contribution in [0, 0.1) is 0 Å². The van der Waals surface area contributed by atoms with Crippen molar-refractivity contribution in [1.82, 2.24) is 0 Å². The molecule has 2 aromatic rings. The van der Waals surface area contributed by atoms with E-state index in [0.717, 1.165) is 24.0 Å². The molecular formula is C22H30O2S. The quantitative estimate of drug-likeness (QED) is 0.645. The van der Waals surface area contributed by atoms with Gasteiger partial charge in [0.15, 0.2) is 0 Å². The third-order valence-electron chi connectivity index (χ3n) is 5.62. The third kappa shape index (κ3) is 3.98. The van der Waals surface area contributed by atoms with E-state index >= 15 is 0 Å². The minimum absolute atomic E-state index is 0.0441. The van der Waals surface area contributed by atoms with Gasteiger partial charge >= 0.3 is 0 Å². The smallest absolute Gasteiger partial charge is 0.206 e. The molecule has 0 aliphatic carbocycles. The highest BCUT2D eigenvalue weighted by molar-refractivity contribution is 7.91. The molecule has 0 aliphatic rings. The van der Waals surface area contributed by atoms with Crippen LogP contribution in [0.5, 0.6) is 0 Å². The normalized spacial score (nSPS) is 13.0. The minimum atomic E-state index is -3.52. The van der Waals surface area contributed by atoms with Crippen LogP contribution in [0.4, 0.5) is 0 Å². The number of hydrogen-bond acceptors (Lipinski definition) is 2. The van der Waals surface area contributed by atoms with Crippen molar-refractivity contribution in [2.24, 2.45) is 0 Å². The molecule has 0 saturated carbocycles. The van der Waals surface area contributed by atoms with Crippen LogP contribution in [-0.4, -0.2) is 8.42 Å². The zero-order valence-corrected chi connectivity index (χ0v) is 17.1. The molecule has 0 radical (unpaired) electrons. The summed E-state index contributed by atoms with van der Waals surface area (Å²) in [5, 5.41) is 0. The topological polar surface area (TPSA) is 34.1 Å². The highest BCUT2D eigenvalue weighted by atomic mass is 32.2. The van der Waals surface area contributed by atoms with E-state index in [2.05, 4.69) is 41.5 Å². The molecule has 2 aromatic carbocycles. The number of sulfone groups is 1. The largest absolute Gasteiger partial charge is 0.219 e. The fraction of sp³-hybridized carbons (Fsp3) is 0.455. The lowest BCUT2D eigenvalue weighted by Crippen LogP contribution is -2.17. The highest BCUT2D eigenvalue weighted by Crippen LogP contribution is 2.32. The standard InChI is InChI=1S/C22H30O2S/c1-7-21(3,4)17-11-9-13-19(15-17)25(23,24)20-14-10-12-18(16-20)22(5,6)8-2/h9-16H,7-8H2,1-6H3. The predicted octanol–water partition coefficient (Wildman–Crippen LogP) is 5.89. The molecule has 0 spiro atoms. The zero-order valence-electron chi connectivity index (χ0n) is 16.3. The first kappa shape index (κ1) is 19.7. The second-order valence-electron chi connectivity index (χ2n) is 8.03. The number of benzene rings is 2. The van der Waals surface area contributed by atoms with Gasteiger partial charge in [-0.2, -0.15) is 0 Å². The van der Waals surface area contributed by atoms with Gasteiger partial charge in [-0.15, -0.1) is 0 Å². The molecule has 0 fully saturated rings. The molecule has 0 saturated heterocycles. The molecule has 0 aliphatic heterocycles. The van der Waals surface area contributed by atoms with Gasteiger partial charge in [-0.1, -0.05) is 65.8 Å². The molecule has 136 valence electrons. The van der Waals surface area contributed by atoms with Crippen LogP contribution in [0.15, 0.2) is 58.3 Å². The van der Waals surface area contributed by atoms with E-state index in [-0.39, 0.29) is 10.8 Å². The third-order valence-corrected chi connectivity index (χ3v) is 7.37. The first-order valence-electron chi connectivity index (χ1n) is 9.01. The van der Waals surface area contributed by atoms with Crippen molar-refractivity contribution in [3.8, 4) is 0 Å². The van der Waals surface area contributed by atoms with Gasteiger partial charge in [0.1, 0.15) is 0 Å². The van der Waals surface area contributed by atoms with E-state index in [1.54, 1.807) is 12.1 Å². The van der Waals surface area contributed by atoms with Crippen molar-refractivity contribution in [3.63, 3.8) is 0 Å². The average molecular weight is 359 g/mol. The van der Waals surface area contributed by atoms with Crippen LogP contribution in [-0.2, 0) is 20.7 Å². The van der Waals surface area contributed by atoms with E-state index in [4.69, 9.17) is 0 Å². The summed E-state index contributed by atoms with van der Waals surface area (Å²) < 4.78 is 26.3. The molecule has 0 N–H and O–H groups in total. The number of hydrogen-bond donors (Lipinski definition) is 0. The second-order valence-corrected chi connectivity index (χ2v) is 9.98. The molecule has 0 heterocycles. The number of rotatable bonds is 6. The van der Waals surface area contributed by atoms with Crippen LogP contribution in [0.3, 0.4) is 0 Å². The fourth-order valence-electron chi connectivity index (χ4n) is 2.71. The first-order valence-corrected chi connectivity index (χ1v) is 10.5. The van der Waals surface area contributed by atoms with E-state index in [9.17, 15) is 8.42 Å². The lowest BCUT2D eigenvalue weighted by Gasteiger charge is -2.25. The molecule has 2 nitrogen and oxygen atoms in total. The van der Waals surface area contributed by atoms with Crippen molar-refractivity contribution in [2.45, 2.75) is 75.0 Å². The second kappa shape index (κ2) is 6.95. The van der Waals surface area contributed by atoms with E-state index in [0.29, 0.717) is 9.79 Å². The Morgan fingerprint density at radius 1 is 0.720 bits per heavy atom. The molecule has 3 heteroatoms. The molecule has 25 heavy (non-hydrogen) atoms. The Balaban J connectivity index is 2.54. The fourth-order valence-corrected chi connectivity index (χ4v) is 4.06. The van der Waals surface area contributed by atoms with Gasteiger partial charge in [0.25, 0.3) is 0 Å². The van der Waals surface area contributed by atoms with Crippen LogP contribution in [0.25, 0.3) is 0 Å². The Bertz CT molecular complexity index is 780. The first-order chi connectivity index (χ1) is 11.5. The van der Waals surface area contributed by atoms with Gasteiger partial charge < -0.3 is 0 Å². The highest BCUT2D eigenvalue weighted by Gasteiger charge is 2.25. The van der Waals surface area contributed by atoms with Crippen LogP contribution in [0.1, 0.15) is 65.5 Å². The predicted molar refractivity (Wildman–Crippen MR) is 105 cm³/mol. The maximum Gasteiger partial charge on any atom is 0.206 e. The van der Waals surface area contributed by atoms with Crippen LogP contribution in [0.2, 0.25) is 0 Å². The van der Waals surface area contributed by atoms with E-state index in [1.807, 2.05) is 36.4 Å². The molecule has 0 unspecified atom stereocenters. The lowest BCUT2D eigenvalue weighted by molar-refractivity contribution is 0.504.